The summed E-state index contributed by atoms with van der Waals surface area (Å²) in [5.74, 6) is 0. The molecule has 0 amide bonds. The second kappa shape index (κ2) is 2.81. The Morgan fingerprint density at radius 3 is 2.93 bits per heavy atom. The van der Waals surface area contributed by atoms with Gasteiger partial charge in [0.05, 0.1) is 18.7 Å². The van der Waals surface area contributed by atoms with E-state index in [1.54, 1.807) is 0 Å². The molecule has 0 bridgehead atoms. The Bertz CT molecular complexity index is 410. The van der Waals surface area contributed by atoms with Crippen molar-refractivity contribution < 1.29 is 4.74 Å². The molecule has 3 nitrogen and oxygen atoms in total. The number of fused-ring (bicyclic) bond motifs is 3. The Morgan fingerprint density at radius 1 is 1.36 bits per heavy atom. The van der Waals surface area contributed by atoms with Gasteiger partial charge in [0, 0.05) is 0 Å². The maximum Gasteiger partial charge on any atom is 0.126 e. The first-order valence-electron chi connectivity index (χ1n) is 4.74. The first kappa shape index (κ1) is 7.98. The normalized spacial score (nSPS) is 29.6. The van der Waals surface area contributed by atoms with Crippen molar-refractivity contribution in [2.24, 2.45) is 0 Å². The summed E-state index contributed by atoms with van der Waals surface area (Å²) < 4.78 is 5.38. The number of hydrogen-bond donors (Lipinski definition) is 0. The molecular formula is C11H10N2O. The van der Waals surface area contributed by atoms with E-state index in [1.165, 1.54) is 5.56 Å². The molecule has 0 aliphatic carbocycles. The Morgan fingerprint density at radius 2 is 2.14 bits per heavy atom. The third-order valence-corrected chi connectivity index (χ3v) is 3.02. The molecule has 0 saturated carbocycles. The predicted molar refractivity (Wildman–Crippen MR) is 50.2 cm³/mol. The minimum Gasteiger partial charge on any atom is -0.364 e. The van der Waals surface area contributed by atoms with E-state index >= 15 is 0 Å². The number of benzene rings is 1. The van der Waals surface area contributed by atoms with E-state index in [1.807, 2.05) is 18.2 Å². The minimum absolute atomic E-state index is 0.112. The molecule has 1 aromatic carbocycles. The van der Waals surface area contributed by atoms with Crippen LogP contribution in [0.2, 0.25) is 0 Å². The number of nitriles is 1. The van der Waals surface area contributed by atoms with Crippen LogP contribution in [-0.2, 0) is 4.74 Å². The minimum atomic E-state index is -0.112. The SMILES string of the molecule is N#C[C@H]1c2ccccc2[C@@H]2COCN12. The zero-order valence-electron chi connectivity index (χ0n) is 7.68. The first-order valence-corrected chi connectivity index (χ1v) is 4.74. The Labute approximate surface area is 82.5 Å². The smallest absolute Gasteiger partial charge is 0.126 e. The summed E-state index contributed by atoms with van der Waals surface area (Å²) in [6.07, 6.45) is 0. The summed E-state index contributed by atoms with van der Waals surface area (Å²) in [6.45, 7) is 1.30. The van der Waals surface area contributed by atoms with Crippen molar-refractivity contribution in [3.8, 4) is 6.07 Å². The lowest BCUT2D eigenvalue weighted by molar-refractivity contribution is 0.128. The molecular weight excluding hydrogens is 176 g/mol. The van der Waals surface area contributed by atoms with Crippen molar-refractivity contribution >= 4 is 0 Å². The van der Waals surface area contributed by atoms with Gasteiger partial charge >= 0.3 is 0 Å². The predicted octanol–water partition coefficient (Wildman–Crippen LogP) is 1.60. The highest BCUT2D eigenvalue weighted by atomic mass is 16.5. The summed E-state index contributed by atoms with van der Waals surface area (Å²) in [5, 5.41) is 9.11. The lowest BCUT2D eigenvalue weighted by Crippen LogP contribution is -2.20. The molecule has 70 valence electrons. The Kier molecular flexibility index (Phi) is 1.60. The third kappa shape index (κ3) is 0.872. The van der Waals surface area contributed by atoms with Gasteiger partial charge in [-0.2, -0.15) is 5.26 Å². The van der Waals surface area contributed by atoms with Crippen LogP contribution < -0.4 is 0 Å². The number of rotatable bonds is 0. The molecule has 0 unspecified atom stereocenters. The zero-order valence-corrected chi connectivity index (χ0v) is 7.68. The standard InChI is InChI=1S/C11H10N2O/c12-5-10-8-3-1-2-4-9(8)11-6-14-7-13(10)11/h1-4,10-11H,6-7H2/t10-,11-/m0/s1. The van der Waals surface area contributed by atoms with Gasteiger partial charge in [-0.15, -0.1) is 0 Å². The van der Waals surface area contributed by atoms with Gasteiger partial charge in [-0.25, -0.2) is 0 Å². The molecule has 2 atom stereocenters. The van der Waals surface area contributed by atoms with E-state index in [0.29, 0.717) is 12.8 Å². The van der Waals surface area contributed by atoms with Crippen molar-refractivity contribution in [1.29, 1.82) is 5.26 Å². The highest BCUT2D eigenvalue weighted by molar-refractivity contribution is 5.41. The van der Waals surface area contributed by atoms with Gasteiger partial charge in [-0.1, -0.05) is 24.3 Å². The van der Waals surface area contributed by atoms with Gasteiger partial charge in [0.2, 0.25) is 0 Å². The van der Waals surface area contributed by atoms with Crippen LogP contribution in [0.1, 0.15) is 23.2 Å². The summed E-state index contributed by atoms with van der Waals surface area (Å²) in [7, 11) is 0. The lowest BCUT2D eigenvalue weighted by Gasteiger charge is -2.15. The van der Waals surface area contributed by atoms with Gasteiger partial charge in [0.25, 0.3) is 0 Å². The van der Waals surface area contributed by atoms with Crippen molar-refractivity contribution in [1.82, 2.24) is 4.90 Å². The molecule has 3 heteroatoms. The van der Waals surface area contributed by atoms with Crippen LogP contribution in [0.3, 0.4) is 0 Å². The van der Waals surface area contributed by atoms with E-state index in [9.17, 15) is 0 Å². The number of nitrogens with zero attached hydrogens (tertiary/aromatic N) is 2. The molecule has 0 N–H and O–H groups in total. The van der Waals surface area contributed by atoms with E-state index in [-0.39, 0.29) is 6.04 Å². The van der Waals surface area contributed by atoms with Crippen LogP contribution in [0.4, 0.5) is 0 Å². The maximum atomic E-state index is 9.11. The number of ether oxygens (including phenoxy) is 1. The first-order chi connectivity index (χ1) is 6.92. The third-order valence-electron chi connectivity index (χ3n) is 3.02. The van der Waals surface area contributed by atoms with Crippen LogP contribution in [0, 0.1) is 11.3 Å². The summed E-state index contributed by atoms with van der Waals surface area (Å²) in [4.78, 5) is 2.12. The van der Waals surface area contributed by atoms with Crippen LogP contribution >= 0.6 is 0 Å². The van der Waals surface area contributed by atoms with Crippen LogP contribution in [0.15, 0.2) is 24.3 Å². The highest BCUT2D eigenvalue weighted by Gasteiger charge is 2.41. The monoisotopic (exact) mass is 186 g/mol. The van der Waals surface area contributed by atoms with Gasteiger partial charge in [-0.3, -0.25) is 4.90 Å². The van der Waals surface area contributed by atoms with Crippen LogP contribution in [0.5, 0.6) is 0 Å². The molecule has 2 heterocycles. The average molecular weight is 186 g/mol. The maximum absolute atomic E-state index is 9.11. The summed E-state index contributed by atoms with van der Waals surface area (Å²) in [6, 6.07) is 10.7. The molecule has 1 aromatic rings. The van der Waals surface area contributed by atoms with Gasteiger partial charge in [0.1, 0.15) is 12.8 Å². The van der Waals surface area contributed by atoms with E-state index in [0.717, 1.165) is 12.2 Å². The van der Waals surface area contributed by atoms with E-state index in [2.05, 4.69) is 17.0 Å². The number of hydrogen-bond acceptors (Lipinski definition) is 3. The van der Waals surface area contributed by atoms with E-state index < -0.39 is 0 Å². The molecule has 1 saturated heterocycles. The fraction of sp³-hybridized carbons (Fsp3) is 0.364. The highest BCUT2D eigenvalue weighted by Crippen LogP contribution is 2.43. The molecule has 3 rings (SSSR count). The zero-order chi connectivity index (χ0) is 9.54. The van der Waals surface area contributed by atoms with Crippen molar-refractivity contribution in [2.75, 3.05) is 13.3 Å². The molecule has 0 radical (unpaired) electrons. The molecule has 0 spiro atoms. The largest absolute Gasteiger partial charge is 0.364 e. The molecule has 2 aliphatic rings. The van der Waals surface area contributed by atoms with Crippen molar-refractivity contribution in [3.05, 3.63) is 35.4 Å². The lowest BCUT2D eigenvalue weighted by atomic mass is 10.0. The van der Waals surface area contributed by atoms with Crippen molar-refractivity contribution in [3.63, 3.8) is 0 Å². The van der Waals surface area contributed by atoms with Crippen LogP contribution in [0.25, 0.3) is 0 Å². The Balaban J connectivity index is 2.15. The van der Waals surface area contributed by atoms with Crippen LogP contribution in [-0.4, -0.2) is 18.2 Å². The molecule has 14 heavy (non-hydrogen) atoms. The van der Waals surface area contributed by atoms with Gasteiger partial charge in [-0.05, 0) is 11.1 Å². The second-order valence-electron chi connectivity index (χ2n) is 3.69. The fourth-order valence-electron chi connectivity index (χ4n) is 2.36. The summed E-state index contributed by atoms with van der Waals surface area (Å²) in [5.41, 5.74) is 2.42. The average Bonchev–Trinajstić information content (AvgIpc) is 2.77. The topological polar surface area (TPSA) is 36.3 Å². The van der Waals surface area contributed by atoms with Crippen molar-refractivity contribution in [2.45, 2.75) is 12.1 Å². The fourth-order valence-corrected chi connectivity index (χ4v) is 2.36. The Hall–Kier alpha value is -1.37. The van der Waals surface area contributed by atoms with Gasteiger partial charge in [0.15, 0.2) is 0 Å². The quantitative estimate of drug-likeness (QED) is 0.617. The molecule has 1 fully saturated rings. The summed E-state index contributed by atoms with van der Waals surface area (Å²) >= 11 is 0. The van der Waals surface area contributed by atoms with E-state index in [4.69, 9.17) is 10.00 Å². The second-order valence-corrected chi connectivity index (χ2v) is 3.69. The molecule has 0 aromatic heterocycles. The molecule has 2 aliphatic heterocycles. The van der Waals surface area contributed by atoms with Gasteiger partial charge < -0.3 is 4.74 Å².